The summed E-state index contributed by atoms with van der Waals surface area (Å²) in [6.45, 7) is 1.60. The first kappa shape index (κ1) is 15.3. The van der Waals surface area contributed by atoms with Crippen molar-refractivity contribution in [1.82, 2.24) is 10.2 Å². The quantitative estimate of drug-likeness (QED) is 0.775. The zero-order valence-corrected chi connectivity index (χ0v) is 11.8. The molecule has 0 spiro atoms. The molecule has 2 amide bonds. The van der Waals surface area contributed by atoms with Gasteiger partial charge in [-0.05, 0) is 37.0 Å². The van der Waals surface area contributed by atoms with E-state index < -0.39 is 5.97 Å². The lowest BCUT2D eigenvalue weighted by Gasteiger charge is -2.29. The highest BCUT2D eigenvalue weighted by atomic mass is 16.4. The largest absolute Gasteiger partial charge is 0.478 e. The fourth-order valence-corrected chi connectivity index (χ4v) is 2.35. The number of hydrogen-bond donors (Lipinski definition) is 3. The van der Waals surface area contributed by atoms with Crippen molar-refractivity contribution in [2.45, 2.75) is 25.4 Å². The summed E-state index contributed by atoms with van der Waals surface area (Å²) in [5, 5.41) is 21.1. The van der Waals surface area contributed by atoms with Gasteiger partial charge in [0.25, 0.3) is 0 Å². The lowest BCUT2D eigenvalue weighted by Crippen LogP contribution is -2.45. The zero-order valence-electron chi connectivity index (χ0n) is 11.8. The smallest absolute Gasteiger partial charge is 0.335 e. The predicted molar refractivity (Wildman–Crippen MR) is 77.3 cm³/mol. The Bertz CT molecular complexity index is 510. The zero-order chi connectivity index (χ0) is 15.2. The Labute approximate surface area is 123 Å². The topological polar surface area (TPSA) is 89.9 Å². The molecule has 21 heavy (non-hydrogen) atoms. The summed E-state index contributed by atoms with van der Waals surface area (Å²) in [5.41, 5.74) is 1.13. The molecule has 1 aromatic rings. The minimum absolute atomic E-state index is 0.128. The summed E-state index contributed by atoms with van der Waals surface area (Å²) in [7, 11) is 0. The molecule has 0 radical (unpaired) electrons. The minimum atomic E-state index is -0.951. The summed E-state index contributed by atoms with van der Waals surface area (Å²) in [5.74, 6) is -0.951. The van der Waals surface area contributed by atoms with Gasteiger partial charge < -0.3 is 20.4 Å². The van der Waals surface area contributed by atoms with Gasteiger partial charge in [0.15, 0.2) is 0 Å². The lowest BCUT2D eigenvalue weighted by atomic mass is 10.1. The van der Waals surface area contributed by atoms with Crippen LogP contribution in [-0.4, -0.2) is 52.9 Å². The van der Waals surface area contributed by atoms with E-state index in [0.29, 0.717) is 38.9 Å². The highest BCUT2D eigenvalue weighted by Crippen LogP contribution is 2.10. The van der Waals surface area contributed by atoms with E-state index in [-0.39, 0.29) is 17.7 Å². The summed E-state index contributed by atoms with van der Waals surface area (Å²) >= 11 is 0. The molecule has 3 N–H and O–H groups in total. The van der Waals surface area contributed by atoms with Gasteiger partial charge in [-0.3, -0.25) is 0 Å². The molecule has 6 heteroatoms. The van der Waals surface area contributed by atoms with Crippen molar-refractivity contribution in [3.8, 4) is 0 Å². The van der Waals surface area contributed by atoms with Crippen LogP contribution in [0.1, 0.15) is 28.8 Å². The predicted octanol–water partition coefficient (Wildman–Crippen LogP) is 1.09. The summed E-state index contributed by atoms with van der Waals surface area (Å²) in [6, 6.07) is 6.58. The molecule has 1 fully saturated rings. The number of hydrogen-bond acceptors (Lipinski definition) is 3. The molecule has 0 saturated carbocycles. The van der Waals surface area contributed by atoms with Crippen molar-refractivity contribution in [3.63, 3.8) is 0 Å². The third-order valence-corrected chi connectivity index (χ3v) is 3.62. The van der Waals surface area contributed by atoms with Gasteiger partial charge >= 0.3 is 12.0 Å². The minimum Gasteiger partial charge on any atom is -0.478 e. The summed E-state index contributed by atoms with van der Waals surface area (Å²) < 4.78 is 0. The number of nitrogens with one attached hydrogen (secondary N) is 1. The molecule has 114 valence electrons. The fourth-order valence-electron chi connectivity index (χ4n) is 2.35. The molecular weight excluding hydrogens is 272 g/mol. The van der Waals surface area contributed by atoms with Crippen LogP contribution in [0.25, 0.3) is 0 Å². The Hall–Kier alpha value is -2.08. The number of urea groups is 1. The Balaban J connectivity index is 1.77. The van der Waals surface area contributed by atoms with Crippen LogP contribution < -0.4 is 5.32 Å². The number of amides is 2. The van der Waals surface area contributed by atoms with Gasteiger partial charge in [-0.2, -0.15) is 0 Å². The van der Waals surface area contributed by atoms with Crippen LogP contribution in [0.15, 0.2) is 24.3 Å². The van der Waals surface area contributed by atoms with Crippen molar-refractivity contribution < 1.29 is 19.8 Å². The van der Waals surface area contributed by atoms with Gasteiger partial charge in [0, 0.05) is 19.6 Å². The van der Waals surface area contributed by atoms with Gasteiger partial charge in [0.1, 0.15) is 0 Å². The van der Waals surface area contributed by atoms with Crippen molar-refractivity contribution in [3.05, 3.63) is 35.4 Å². The first-order valence-electron chi connectivity index (χ1n) is 7.09. The third-order valence-electron chi connectivity index (χ3n) is 3.62. The van der Waals surface area contributed by atoms with E-state index >= 15 is 0 Å². The van der Waals surface area contributed by atoms with Gasteiger partial charge in [0.2, 0.25) is 0 Å². The molecule has 0 atom stereocenters. The Morgan fingerprint density at radius 3 is 2.67 bits per heavy atom. The molecule has 1 aromatic carbocycles. The van der Waals surface area contributed by atoms with Crippen LogP contribution >= 0.6 is 0 Å². The fraction of sp³-hybridized carbons (Fsp3) is 0.467. The number of aliphatic hydroxyl groups excluding tert-OH is 1. The van der Waals surface area contributed by atoms with E-state index in [2.05, 4.69) is 5.32 Å². The first-order chi connectivity index (χ1) is 10.1. The van der Waals surface area contributed by atoms with Crippen LogP contribution in [0.2, 0.25) is 0 Å². The second-order valence-electron chi connectivity index (χ2n) is 5.21. The maximum Gasteiger partial charge on any atom is 0.335 e. The van der Waals surface area contributed by atoms with Gasteiger partial charge in [-0.15, -0.1) is 0 Å². The van der Waals surface area contributed by atoms with Gasteiger partial charge in [-0.25, -0.2) is 9.59 Å². The molecule has 0 bridgehead atoms. The average molecular weight is 292 g/mol. The third kappa shape index (κ3) is 4.46. The van der Waals surface area contributed by atoms with Crippen molar-refractivity contribution >= 4 is 12.0 Å². The number of carboxylic acids is 1. The Kier molecular flexibility index (Phi) is 5.16. The van der Waals surface area contributed by atoms with E-state index in [9.17, 15) is 14.7 Å². The Morgan fingerprint density at radius 2 is 2.00 bits per heavy atom. The molecule has 0 aliphatic carbocycles. The SMILES string of the molecule is O=C(O)c1cccc(CCNC(=O)N2CCC(O)CC2)c1. The van der Waals surface area contributed by atoms with Crippen LogP contribution in [0, 0.1) is 0 Å². The number of nitrogens with zero attached hydrogens (tertiary/aromatic N) is 1. The van der Waals surface area contributed by atoms with Crippen LogP contribution in [0.3, 0.4) is 0 Å². The number of carbonyl (C=O) groups excluding carboxylic acids is 1. The number of piperidine rings is 1. The van der Waals surface area contributed by atoms with Crippen LogP contribution in [-0.2, 0) is 6.42 Å². The number of aliphatic hydroxyl groups is 1. The normalized spacial score (nSPS) is 15.8. The molecule has 0 unspecified atom stereocenters. The first-order valence-corrected chi connectivity index (χ1v) is 7.09. The molecule has 1 aliphatic heterocycles. The maximum absolute atomic E-state index is 11.9. The Morgan fingerprint density at radius 1 is 1.29 bits per heavy atom. The molecule has 1 saturated heterocycles. The standard InChI is InChI=1S/C15H20N2O4/c18-13-5-8-17(9-6-13)15(21)16-7-4-11-2-1-3-12(10-11)14(19)20/h1-3,10,13,18H,4-9H2,(H,16,21)(H,19,20). The molecule has 0 aromatic heterocycles. The molecule has 1 heterocycles. The number of likely N-dealkylation sites (tertiary alicyclic amines) is 1. The van der Waals surface area contributed by atoms with E-state index in [1.165, 1.54) is 0 Å². The monoisotopic (exact) mass is 292 g/mol. The highest BCUT2D eigenvalue weighted by molar-refractivity contribution is 5.87. The number of aromatic carboxylic acids is 1. The number of benzene rings is 1. The second kappa shape index (κ2) is 7.08. The molecular formula is C15H20N2O4. The number of carboxylic acid groups (broad SMARTS) is 1. The molecule has 6 nitrogen and oxygen atoms in total. The number of carbonyl (C=O) groups is 2. The average Bonchev–Trinajstić information content (AvgIpc) is 2.48. The van der Waals surface area contributed by atoms with Crippen molar-refractivity contribution in [2.75, 3.05) is 19.6 Å². The highest BCUT2D eigenvalue weighted by Gasteiger charge is 2.20. The number of rotatable bonds is 4. The summed E-state index contributed by atoms with van der Waals surface area (Å²) in [4.78, 5) is 24.5. The van der Waals surface area contributed by atoms with Gasteiger partial charge in [0.05, 0.1) is 11.7 Å². The second-order valence-corrected chi connectivity index (χ2v) is 5.21. The van der Waals surface area contributed by atoms with Crippen molar-refractivity contribution in [1.29, 1.82) is 0 Å². The van der Waals surface area contributed by atoms with E-state index in [0.717, 1.165) is 5.56 Å². The van der Waals surface area contributed by atoms with E-state index in [1.807, 2.05) is 6.07 Å². The van der Waals surface area contributed by atoms with Crippen LogP contribution in [0.4, 0.5) is 4.79 Å². The maximum atomic E-state index is 11.9. The molecule has 1 aliphatic rings. The van der Waals surface area contributed by atoms with Crippen molar-refractivity contribution in [2.24, 2.45) is 0 Å². The lowest BCUT2D eigenvalue weighted by molar-refractivity contribution is 0.0696. The summed E-state index contributed by atoms with van der Waals surface area (Å²) in [6.07, 6.45) is 1.53. The van der Waals surface area contributed by atoms with E-state index in [4.69, 9.17) is 5.11 Å². The van der Waals surface area contributed by atoms with Gasteiger partial charge in [-0.1, -0.05) is 12.1 Å². The van der Waals surface area contributed by atoms with E-state index in [1.54, 1.807) is 23.1 Å². The van der Waals surface area contributed by atoms with Crippen LogP contribution in [0.5, 0.6) is 0 Å². The molecule has 2 rings (SSSR count).